The first-order valence-corrected chi connectivity index (χ1v) is 5.70. The minimum absolute atomic E-state index is 0. The van der Waals surface area contributed by atoms with Crippen LogP contribution in [0.2, 0.25) is 19.6 Å². The Hall–Kier alpha value is 1.20. The molecule has 0 saturated heterocycles. The summed E-state index contributed by atoms with van der Waals surface area (Å²) >= 11 is 0. The topological polar surface area (TPSA) is 0 Å². The molecule has 0 bridgehead atoms. The monoisotopic (exact) mass is 202 g/mol. The van der Waals surface area contributed by atoms with E-state index >= 15 is 0 Å². The Labute approximate surface area is 79.7 Å². The number of hydrogen-bond donors (Lipinski definition) is 0. The summed E-state index contributed by atoms with van der Waals surface area (Å²) in [6, 6.07) is 0. The Morgan fingerprint density at radius 2 is 1.38 bits per heavy atom. The zero-order chi connectivity index (χ0) is 5.21. The molecule has 44 valence electrons. The fourth-order valence-corrected chi connectivity index (χ4v) is 0. The quantitative estimate of drug-likeness (QED) is 0.359. The molecule has 0 aliphatic rings. The molecular formula is C5H11BrMgSi. The second-order valence-corrected chi connectivity index (χ2v) is 7.60. The van der Waals surface area contributed by atoms with Crippen molar-refractivity contribution in [3.63, 3.8) is 0 Å². The normalized spacial score (nSPS) is 8.38. The molecule has 0 unspecified atom stereocenters. The van der Waals surface area contributed by atoms with E-state index in [-0.39, 0.29) is 40.0 Å². The van der Waals surface area contributed by atoms with Gasteiger partial charge in [0.1, 0.15) is 0 Å². The number of hydrogen-bond acceptors (Lipinski definition) is 0. The van der Waals surface area contributed by atoms with E-state index in [0.717, 1.165) is 0 Å². The Morgan fingerprint density at radius 1 is 1.25 bits per heavy atom. The summed E-state index contributed by atoms with van der Waals surface area (Å²) in [6.45, 7) is 11.8. The molecule has 8 heavy (non-hydrogen) atoms. The van der Waals surface area contributed by atoms with Crippen molar-refractivity contribution in [1.82, 2.24) is 0 Å². The smallest absolute Gasteiger partial charge is 1.00 e. The molecule has 0 radical (unpaired) electrons. The van der Waals surface area contributed by atoms with Crippen LogP contribution in [0.15, 0.2) is 5.70 Å². The van der Waals surface area contributed by atoms with Crippen LogP contribution in [-0.2, 0) is 0 Å². The van der Waals surface area contributed by atoms with Gasteiger partial charge < -0.3 is 23.6 Å². The second-order valence-electron chi connectivity index (χ2n) is 2.53. The second kappa shape index (κ2) is 6.33. The van der Waals surface area contributed by atoms with Crippen LogP contribution in [0.4, 0.5) is 0 Å². The van der Waals surface area contributed by atoms with Crippen molar-refractivity contribution in [2.45, 2.75) is 19.6 Å². The summed E-state index contributed by atoms with van der Waals surface area (Å²) < 4.78 is 0. The number of halogens is 1. The van der Waals surface area contributed by atoms with Gasteiger partial charge in [-0.1, -0.05) is 19.6 Å². The molecule has 0 atom stereocenters. The van der Waals surface area contributed by atoms with Crippen LogP contribution in [0.1, 0.15) is 0 Å². The molecule has 0 N–H and O–H groups in total. The molecule has 0 aromatic carbocycles. The number of rotatable bonds is 1. The molecule has 0 heterocycles. The van der Waals surface area contributed by atoms with Crippen molar-refractivity contribution in [3.8, 4) is 0 Å². The van der Waals surface area contributed by atoms with Crippen LogP contribution in [-0.4, -0.2) is 31.1 Å². The SMILES string of the molecule is [Br-].[CH-]=C[Si](C)(C)C.[Mg+2]. The standard InChI is InChI=1S/C5H11Si.BrH.Mg/c1-5-6(2,3)4;;/h1,5H,2-4H3;1H;/q-1;;+2/p-1. The third-order valence-electron chi connectivity index (χ3n) is 0.500. The summed E-state index contributed by atoms with van der Waals surface area (Å²) in [7, 11) is -0.978. The van der Waals surface area contributed by atoms with Crippen LogP contribution >= 0.6 is 0 Å². The molecule has 0 nitrogen and oxygen atoms in total. The molecule has 0 rings (SSSR count). The van der Waals surface area contributed by atoms with E-state index in [9.17, 15) is 0 Å². The van der Waals surface area contributed by atoms with Crippen LogP contribution in [0, 0.1) is 6.58 Å². The van der Waals surface area contributed by atoms with Gasteiger partial charge in [0.15, 0.2) is 0 Å². The molecule has 3 heteroatoms. The van der Waals surface area contributed by atoms with Gasteiger partial charge >= 0.3 is 23.1 Å². The molecule has 0 aromatic rings. The Morgan fingerprint density at radius 3 is 1.38 bits per heavy atom. The zero-order valence-corrected chi connectivity index (χ0v) is 9.74. The zero-order valence-electron chi connectivity index (χ0n) is 5.74. The fourth-order valence-electron chi connectivity index (χ4n) is 0. The maximum Gasteiger partial charge on any atom is 2.00 e. The average molecular weight is 203 g/mol. The van der Waals surface area contributed by atoms with E-state index in [2.05, 4.69) is 19.6 Å². The first kappa shape index (κ1) is 16.1. The van der Waals surface area contributed by atoms with Crippen molar-refractivity contribution in [2.24, 2.45) is 0 Å². The predicted octanol–water partition coefficient (Wildman–Crippen LogP) is -1.52. The Balaban J connectivity index is -0.000000125. The van der Waals surface area contributed by atoms with Gasteiger partial charge in [-0.25, -0.2) is 0 Å². The van der Waals surface area contributed by atoms with Gasteiger partial charge in [0.05, 0.1) is 0 Å². The third kappa shape index (κ3) is 15.7. The van der Waals surface area contributed by atoms with E-state index in [0.29, 0.717) is 0 Å². The fraction of sp³-hybridized carbons (Fsp3) is 0.600. The molecule has 0 aromatic heterocycles. The van der Waals surface area contributed by atoms with Crippen molar-refractivity contribution < 1.29 is 17.0 Å². The van der Waals surface area contributed by atoms with Gasteiger partial charge in [-0.15, -0.1) is 0 Å². The maximum atomic E-state index is 5.24. The van der Waals surface area contributed by atoms with Gasteiger partial charge in [0, 0.05) is 8.07 Å². The van der Waals surface area contributed by atoms with Crippen molar-refractivity contribution >= 4 is 31.1 Å². The van der Waals surface area contributed by atoms with Gasteiger partial charge in [0.25, 0.3) is 0 Å². The van der Waals surface area contributed by atoms with Crippen LogP contribution in [0.5, 0.6) is 0 Å². The average Bonchev–Trinajstić information content (AvgIpc) is 1.35. The summed E-state index contributed by atoms with van der Waals surface area (Å²) in [5.74, 6) is 0. The third-order valence-corrected chi connectivity index (χ3v) is 1.50. The summed E-state index contributed by atoms with van der Waals surface area (Å²) in [5, 5.41) is 0. The predicted molar refractivity (Wildman–Crippen MR) is 38.0 cm³/mol. The van der Waals surface area contributed by atoms with Gasteiger partial charge in [-0.3, -0.25) is 5.70 Å². The molecule has 0 fully saturated rings. The van der Waals surface area contributed by atoms with Gasteiger partial charge in [-0.2, -0.15) is 0 Å². The summed E-state index contributed by atoms with van der Waals surface area (Å²) in [5.41, 5.74) is 1.83. The molecule has 0 saturated carbocycles. The van der Waals surface area contributed by atoms with E-state index in [1.807, 2.05) is 5.70 Å². The Bertz CT molecular complexity index is 57.9. The van der Waals surface area contributed by atoms with E-state index in [1.165, 1.54) is 0 Å². The first-order chi connectivity index (χ1) is 2.56. The van der Waals surface area contributed by atoms with Crippen molar-refractivity contribution in [1.29, 1.82) is 0 Å². The molecule has 0 aliphatic carbocycles. The maximum absolute atomic E-state index is 5.24. The first-order valence-electron chi connectivity index (χ1n) is 2.12. The molecular weight excluding hydrogens is 192 g/mol. The Kier molecular flexibility index (Phi) is 12.7. The van der Waals surface area contributed by atoms with E-state index in [4.69, 9.17) is 6.58 Å². The van der Waals surface area contributed by atoms with Crippen molar-refractivity contribution in [3.05, 3.63) is 12.3 Å². The minimum atomic E-state index is -0.978. The largest absolute Gasteiger partial charge is 2.00 e. The molecule has 0 amide bonds. The van der Waals surface area contributed by atoms with E-state index in [1.54, 1.807) is 0 Å². The van der Waals surface area contributed by atoms with Crippen molar-refractivity contribution in [2.75, 3.05) is 0 Å². The van der Waals surface area contributed by atoms with Gasteiger partial charge in [0.2, 0.25) is 0 Å². The van der Waals surface area contributed by atoms with E-state index < -0.39 is 8.07 Å². The van der Waals surface area contributed by atoms with Gasteiger partial charge in [-0.05, 0) is 0 Å². The van der Waals surface area contributed by atoms with Crippen LogP contribution in [0.25, 0.3) is 0 Å². The summed E-state index contributed by atoms with van der Waals surface area (Å²) in [4.78, 5) is 0. The summed E-state index contributed by atoms with van der Waals surface area (Å²) in [6.07, 6.45) is 0. The molecule has 0 aliphatic heterocycles. The van der Waals surface area contributed by atoms with Crippen LogP contribution in [0.3, 0.4) is 0 Å². The molecule has 0 spiro atoms. The van der Waals surface area contributed by atoms with Crippen LogP contribution < -0.4 is 17.0 Å². The minimum Gasteiger partial charge on any atom is -1.00 e.